The molecule has 1 heterocycles. The number of pyridine rings is 1. The number of ether oxygens (including phenoxy) is 1. The highest BCUT2D eigenvalue weighted by Crippen LogP contribution is 2.29. The first-order chi connectivity index (χ1) is 8.10. The van der Waals surface area contributed by atoms with E-state index in [0.29, 0.717) is 23.9 Å². The highest BCUT2D eigenvalue weighted by atomic mass is 79.9. The molecule has 1 rings (SSSR count). The summed E-state index contributed by atoms with van der Waals surface area (Å²) < 4.78 is 5.71. The smallest absolute Gasteiger partial charge is 0.294 e. The number of aromatic nitrogens is 1. The highest BCUT2D eigenvalue weighted by molar-refractivity contribution is 9.10. The van der Waals surface area contributed by atoms with E-state index in [1.54, 1.807) is 19.2 Å². The van der Waals surface area contributed by atoms with Crippen LogP contribution in [0.1, 0.15) is 25.6 Å². The van der Waals surface area contributed by atoms with E-state index >= 15 is 0 Å². The molecule has 0 fully saturated rings. The first kappa shape index (κ1) is 14.4. The molecule has 6 heteroatoms. The van der Waals surface area contributed by atoms with Gasteiger partial charge in [-0.15, -0.1) is 0 Å². The second-order valence-corrected chi connectivity index (χ2v) is 4.50. The molecule has 4 nitrogen and oxygen atoms in total. The number of hydrogen-bond acceptors (Lipinski definition) is 3. The third kappa shape index (κ3) is 3.94. The molecule has 0 aliphatic rings. The molecule has 1 atom stereocenters. The molecule has 17 heavy (non-hydrogen) atoms. The fourth-order valence-electron chi connectivity index (χ4n) is 1.30. The fraction of sp³-hybridized carbons (Fsp3) is 0.455. The maximum Gasteiger partial charge on any atom is 0.294 e. The van der Waals surface area contributed by atoms with Gasteiger partial charge in [0.2, 0.25) is 0 Å². The van der Waals surface area contributed by atoms with E-state index in [4.69, 9.17) is 16.3 Å². The largest absolute Gasteiger partial charge is 0.645 e. The van der Waals surface area contributed by atoms with Crippen molar-refractivity contribution in [2.45, 2.75) is 19.9 Å². The molecule has 0 saturated carbocycles. The lowest BCUT2D eigenvalue weighted by atomic mass is 10.2. The van der Waals surface area contributed by atoms with E-state index in [0.717, 1.165) is 4.47 Å². The van der Waals surface area contributed by atoms with Crippen molar-refractivity contribution >= 4 is 33.5 Å². The van der Waals surface area contributed by atoms with Gasteiger partial charge in [-0.2, -0.15) is 6.54 Å². The van der Waals surface area contributed by atoms with Gasteiger partial charge in [-0.25, -0.2) is 0 Å². The predicted molar refractivity (Wildman–Crippen MR) is 70.2 cm³/mol. The van der Waals surface area contributed by atoms with Crippen LogP contribution in [0.15, 0.2) is 16.7 Å². The van der Waals surface area contributed by atoms with E-state index in [1.165, 1.54) is 0 Å². The zero-order valence-corrected chi connectivity index (χ0v) is 12.0. The number of carbonyl (C=O) groups excluding carboxylic acids is 1. The molecule has 1 unspecified atom stereocenters. The normalized spacial score (nSPS) is 12.2. The van der Waals surface area contributed by atoms with Crippen molar-refractivity contribution in [2.75, 3.05) is 13.2 Å². The second-order valence-electron chi connectivity index (χ2n) is 3.17. The standard InChI is InChI=1S/C11H13BrClN2O2/c1-3-14-10(11(16)17-4-2)9-8(13)5-7(12)6-15-9/h5-6,10H,3-4H2,1-2H3/q-1. The Morgan fingerprint density at radius 2 is 2.35 bits per heavy atom. The minimum absolute atomic E-state index is 0.308. The minimum Gasteiger partial charge on any atom is -0.645 e. The van der Waals surface area contributed by atoms with Gasteiger partial charge >= 0.3 is 0 Å². The van der Waals surface area contributed by atoms with Crippen molar-refractivity contribution in [3.05, 3.63) is 32.8 Å². The lowest BCUT2D eigenvalue weighted by Crippen LogP contribution is -2.17. The molecule has 0 N–H and O–H groups in total. The summed E-state index contributed by atoms with van der Waals surface area (Å²) in [6.07, 6.45) is 1.58. The fourth-order valence-corrected chi connectivity index (χ4v) is 2.04. The van der Waals surface area contributed by atoms with Crippen molar-refractivity contribution in [1.29, 1.82) is 0 Å². The molecule has 0 spiro atoms. The van der Waals surface area contributed by atoms with E-state index < -0.39 is 12.0 Å². The molecular formula is C11H13BrClN2O2-. The lowest BCUT2D eigenvalue weighted by Gasteiger charge is -2.28. The summed E-state index contributed by atoms with van der Waals surface area (Å²) in [4.78, 5) is 15.9. The molecule has 0 aromatic carbocycles. The van der Waals surface area contributed by atoms with Crippen LogP contribution in [-0.2, 0) is 9.53 Å². The van der Waals surface area contributed by atoms with Crippen molar-refractivity contribution < 1.29 is 9.53 Å². The Bertz CT molecular complexity index is 401. The van der Waals surface area contributed by atoms with Gasteiger partial charge in [0.1, 0.15) is 0 Å². The van der Waals surface area contributed by atoms with Gasteiger partial charge in [0, 0.05) is 16.7 Å². The quantitative estimate of drug-likeness (QED) is 0.780. The first-order valence-corrected chi connectivity index (χ1v) is 6.41. The van der Waals surface area contributed by atoms with Gasteiger partial charge in [0.25, 0.3) is 5.97 Å². The number of esters is 1. The number of halogens is 2. The van der Waals surface area contributed by atoms with Crippen molar-refractivity contribution in [3.63, 3.8) is 0 Å². The van der Waals surface area contributed by atoms with Crippen LogP contribution in [-0.4, -0.2) is 24.1 Å². The summed E-state index contributed by atoms with van der Waals surface area (Å²) >= 11 is 9.30. The average Bonchev–Trinajstić information content (AvgIpc) is 2.27. The molecule has 0 aliphatic heterocycles. The van der Waals surface area contributed by atoms with Gasteiger partial charge in [0.15, 0.2) is 0 Å². The van der Waals surface area contributed by atoms with Gasteiger partial charge in [0.05, 0.1) is 17.3 Å². The topological polar surface area (TPSA) is 53.3 Å². The maximum absolute atomic E-state index is 11.7. The third-order valence-corrected chi connectivity index (χ3v) is 2.71. The van der Waals surface area contributed by atoms with Crippen molar-refractivity contribution in [3.8, 4) is 0 Å². The summed E-state index contributed by atoms with van der Waals surface area (Å²) in [5.74, 6) is -0.425. The zero-order valence-electron chi connectivity index (χ0n) is 9.61. The summed E-state index contributed by atoms with van der Waals surface area (Å²) in [6, 6.07) is 0.932. The third-order valence-electron chi connectivity index (χ3n) is 1.97. The molecule has 0 amide bonds. The Hall–Kier alpha value is -0.650. The maximum atomic E-state index is 11.7. The van der Waals surface area contributed by atoms with Gasteiger partial charge in [-0.05, 0) is 28.9 Å². The Kier molecular flexibility index (Phi) is 5.88. The Labute approximate surface area is 114 Å². The monoisotopic (exact) mass is 319 g/mol. The Balaban J connectivity index is 3.00. The van der Waals surface area contributed by atoms with Crippen LogP contribution in [0.25, 0.3) is 5.32 Å². The van der Waals surface area contributed by atoms with Gasteiger partial charge < -0.3 is 10.1 Å². The van der Waals surface area contributed by atoms with Crippen LogP contribution < -0.4 is 0 Å². The predicted octanol–water partition coefficient (Wildman–Crippen LogP) is 3.50. The zero-order chi connectivity index (χ0) is 12.8. The van der Waals surface area contributed by atoms with Crippen LogP contribution in [0, 0.1) is 0 Å². The molecule has 0 radical (unpaired) electrons. The van der Waals surface area contributed by atoms with E-state index in [1.807, 2.05) is 6.92 Å². The number of nitrogens with zero attached hydrogens (tertiary/aromatic N) is 2. The summed E-state index contributed by atoms with van der Waals surface area (Å²) in [5.41, 5.74) is 0.426. The van der Waals surface area contributed by atoms with E-state index in [-0.39, 0.29) is 0 Å². The summed E-state index contributed by atoms with van der Waals surface area (Å²) in [5, 5.41) is 4.56. The minimum atomic E-state index is -0.749. The summed E-state index contributed by atoms with van der Waals surface area (Å²) in [6.45, 7) is 4.40. The Morgan fingerprint density at radius 1 is 1.65 bits per heavy atom. The van der Waals surface area contributed by atoms with Crippen molar-refractivity contribution in [2.24, 2.45) is 0 Å². The molecule has 0 aliphatic carbocycles. The molecule has 1 aromatic heterocycles. The number of rotatable bonds is 5. The molecule has 1 aromatic rings. The summed E-state index contributed by atoms with van der Waals surface area (Å²) in [7, 11) is 0. The van der Waals surface area contributed by atoms with Gasteiger partial charge in [-0.1, -0.05) is 18.5 Å². The van der Waals surface area contributed by atoms with Crippen LogP contribution >= 0.6 is 27.5 Å². The number of hydrogen-bond donors (Lipinski definition) is 0. The number of likely N-dealkylation sites (N-methyl/N-ethyl adjacent to an activating group) is 1. The molecule has 94 valence electrons. The van der Waals surface area contributed by atoms with Crippen LogP contribution in [0.5, 0.6) is 0 Å². The number of carbonyl (C=O) groups is 1. The van der Waals surface area contributed by atoms with E-state index in [9.17, 15) is 4.79 Å². The average molecular weight is 321 g/mol. The Morgan fingerprint density at radius 3 is 2.88 bits per heavy atom. The van der Waals surface area contributed by atoms with Crippen LogP contribution in [0.3, 0.4) is 0 Å². The molecule has 0 saturated heterocycles. The van der Waals surface area contributed by atoms with Crippen LogP contribution in [0.4, 0.5) is 0 Å². The lowest BCUT2D eigenvalue weighted by molar-refractivity contribution is -0.144. The van der Waals surface area contributed by atoms with Gasteiger partial charge in [-0.3, -0.25) is 9.78 Å². The molecular weight excluding hydrogens is 307 g/mol. The SMILES string of the molecule is CC[N-]C(C(=O)OCC)c1ncc(Br)cc1Cl. The van der Waals surface area contributed by atoms with Crippen LogP contribution in [0.2, 0.25) is 5.02 Å². The van der Waals surface area contributed by atoms with E-state index in [2.05, 4.69) is 26.2 Å². The second kappa shape index (κ2) is 6.93. The van der Waals surface area contributed by atoms with Crippen molar-refractivity contribution in [1.82, 2.24) is 4.98 Å². The molecule has 0 bridgehead atoms. The highest BCUT2D eigenvalue weighted by Gasteiger charge is 2.17. The first-order valence-electron chi connectivity index (χ1n) is 5.24.